The lowest BCUT2D eigenvalue weighted by molar-refractivity contribution is -0.118. The van der Waals surface area contributed by atoms with E-state index in [-0.39, 0.29) is 17.4 Å². The molecule has 5 nitrogen and oxygen atoms in total. The summed E-state index contributed by atoms with van der Waals surface area (Å²) in [6.45, 7) is 0.694. The van der Waals surface area contributed by atoms with Gasteiger partial charge in [0, 0.05) is 0 Å². The molecule has 0 unspecified atom stereocenters. The molecule has 2 fully saturated rings. The van der Waals surface area contributed by atoms with Crippen molar-refractivity contribution >= 4 is 11.9 Å². The van der Waals surface area contributed by atoms with E-state index in [2.05, 4.69) is 9.47 Å². The van der Waals surface area contributed by atoms with Crippen LogP contribution >= 0.6 is 0 Å². The molecule has 0 amide bonds. The first kappa shape index (κ1) is 7.90. The van der Waals surface area contributed by atoms with Crippen molar-refractivity contribution in [1.29, 1.82) is 0 Å². The molecule has 9 heavy (non-hydrogen) atoms. The van der Waals surface area contributed by atoms with E-state index < -0.39 is 0 Å². The van der Waals surface area contributed by atoms with E-state index >= 15 is 0 Å². The van der Waals surface area contributed by atoms with Crippen LogP contribution in [0.3, 0.4) is 0 Å². The van der Waals surface area contributed by atoms with Crippen molar-refractivity contribution in [1.82, 2.24) is 0 Å². The first-order valence-electron chi connectivity index (χ1n) is 2.10. The van der Waals surface area contributed by atoms with Crippen LogP contribution in [-0.4, -0.2) is 30.6 Å². The highest BCUT2D eigenvalue weighted by atomic mass is 16.6. The van der Waals surface area contributed by atoms with E-state index in [1.807, 2.05) is 0 Å². The minimum Gasteiger partial charge on any atom is -0.451 e. The number of carbonyl (C=O) groups is 2. The summed E-state index contributed by atoms with van der Waals surface area (Å²) in [6, 6.07) is 0. The largest absolute Gasteiger partial charge is 0.451 e. The Labute approximate surface area is 50.9 Å². The molecule has 2 aliphatic rings. The highest BCUT2D eigenvalue weighted by Gasteiger charge is 2.16. The second kappa shape index (κ2) is 3.03. The number of cyclic esters (lactones) is 2. The smallest absolute Gasteiger partial charge is 0.344 e. The Kier molecular flexibility index (Phi) is 2.66. The Hall–Kier alpha value is -1.10. The van der Waals surface area contributed by atoms with E-state index in [1.165, 1.54) is 0 Å². The fourth-order valence-corrected chi connectivity index (χ4v) is 0.0589. The zero-order chi connectivity index (χ0) is 5.98. The van der Waals surface area contributed by atoms with Gasteiger partial charge in [-0.25, -0.2) is 9.59 Å². The van der Waals surface area contributed by atoms with Gasteiger partial charge in [-0.3, -0.25) is 0 Å². The number of hydrogen-bond acceptors (Lipinski definition) is 4. The van der Waals surface area contributed by atoms with Crippen LogP contribution in [-0.2, 0) is 19.1 Å². The molecule has 0 atom stereocenters. The van der Waals surface area contributed by atoms with Gasteiger partial charge in [0.2, 0.25) is 0 Å². The van der Waals surface area contributed by atoms with Crippen LogP contribution in [0.25, 0.3) is 0 Å². The lowest BCUT2D eigenvalue weighted by Gasteiger charge is -1.32. The standard InChI is InChI=1S/2C2H2O2.H2O/c2*3-2-1-4-2;/h2*1H2;1H2. The maximum absolute atomic E-state index is 9.33. The number of rotatable bonds is 0. The molecule has 5 heteroatoms. The van der Waals surface area contributed by atoms with Crippen LogP contribution < -0.4 is 0 Å². The molecular weight excluding hydrogens is 128 g/mol. The monoisotopic (exact) mass is 134 g/mol. The van der Waals surface area contributed by atoms with Gasteiger partial charge in [0.1, 0.15) is 0 Å². The molecule has 0 aromatic rings. The van der Waals surface area contributed by atoms with Gasteiger partial charge in [-0.05, 0) is 0 Å². The predicted molar refractivity (Wildman–Crippen MR) is 25.5 cm³/mol. The number of epoxide rings is 2. The Balaban J connectivity index is 0.000000128. The van der Waals surface area contributed by atoms with Gasteiger partial charge >= 0.3 is 11.9 Å². The van der Waals surface area contributed by atoms with Crippen LogP contribution in [0.1, 0.15) is 0 Å². The molecule has 2 heterocycles. The summed E-state index contributed by atoms with van der Waals surface area (Å²) in [5, 5.41) is 0. The van der Waals surface area contributed by atoms with E-state index in [0.29, 0.717) is 13.2 Å². The molecule has 0 aromatic heterocycles. The second-order valence-electron chi connectivity index (χ2n) is 1.32. The lowest BCUT2D eigenvalue weighted by atomic mass is 11.0. The number of ether oxygens (including phenoxy) is 2. The fraction of sp³-hybridized carbons (Fsp3) is 0.500. The summed E-state index contributed by atoms with van der Waals surface area (Å²) >= 11 is 0. The van der Waals surface area contributed by atoms with Gasteiger partial charge < -0.3 is 14.9 Å². The average molecular weight is 134 g/mol. The lowest BCUT2D eigenvalue weighted by Crippen LogP contribution is -1.50. The third kappa shape index (κ3) is 6.90. The topological polar surface area (TPSA) is 90.7 Å². The quantitative estimate of drug-likeness (QED) is 0.368. The normalized spacial score (nSPS) is 17.3. The predicted octanol–water partition coefficient (Wildman–Crippen LogP) is -1.74. The van der Waals surface area contributed by atoms with Crippen LogP contribution in [0.2, 0.25) is 0 Å². The van der Waals surface area contributed by atoms with Gasteiger partial charge in [-0.15, -0.1) is 0 Å². The molecule has 0 saturated carbocycles. The van der Waals surface area contributed by atoms with E-state index in [4.69, 9.17) is 0 Å². The number of hydrogen-bond donors (Lipinski definition) is 0. The average Bonchev–Trinajstić information content (AvgIpc) is 2.47. The molecule has 0 radical (unpaired) electrons. The first-order valence-corrected chi connectivity index (χ1v) is 2.10. The van der Waals surface area contributed by atoms with Gasteiger partial charge in [0.15, 0.2) is 13.2 Å². The van der Waals surface area contributed by atoms with Gasteiger partial charge in [0.05, 0.1) is 0 Å². The SMILES string of the molecule is O.O=C1CO1.O=C1CO1. The summed E-state index contributed by atoms with van der Waals surface area (Å²) in [5.74, 6) is -0.167. The third-order valence-electron chi connectivity index (χ3n) is 0.524. The maximum atomic E-state index is 9.33. The Morgan fingerprint density at radius 1 is 1.00 bits per heavy atom. The van der Waals surface area contributed by atoms with Crippen molar-refractivity contribution in [3.8, 4) is 0 Å². The highest BCUT2D eigenvalue weighted by Crippen LogP contribution is 1.90. The van der Waals surface area contributed by atoms with Crippen LogP contribution in [0, 0.1) is 0 Å². The molecule has 2 saturated heterocycles. The maximum Gasteiger partial charge on any atom is 0.344 e. The Morgan fingerprint density at radius 2 is 1.11 bits per heavy atom. The molecule has 2 N–H and O–H groups in total. The Morgan fingerprint density at radius 3 is 1.11 bits per heavy atom. The number of carbonyl (C=O) groups excluding carboxylic acids is 2. The summed E-state index contributed by atoms with van der Waals surface area (Å²) in [5.41, 5.74) is 0. The molecule has 52 valence electrons. The second-order valence-corrected chi connectivity index (χ2v) is 1.32. The molecule has 0 bridgehead atoms. The Bertz CT molecular complexity index is 101. The van der Waals surface area contributed by atoms with E-state index in [0.717, 1.165) is 0 Å². The van der Waals surface area contributed by atoms with Crippen LogP contribution in [0.4, 0.5) is 0 Å². The van der Waals surface area contributed by atoms with Crippen molar-refractivity contribution in [2.24, 2.45) is 0 Å². The van der Waals surface area contributed by atoms with Crippen molar-refractivity contribution in [2.75, 3.05) is 13.2 Å². The fourth-order valence-electron chi connectivity index (χ4n) is 0.0589. The first-order chi connectivity index (χ1) is 3.79. The van der Waals surface area contributed by atoms with Crippen molar-refractivity contribution in [3.63, 3.8) is 0 Å². The van der Waals surface area contributed by atoms with E-state index in [1.54, 1.807) is 0 Å². The molecule has 0 aromatic carbocycles. The summed E-state index contributed by atoms with van der Waals surface area (Å²) in [7, 11) is 0. The summed E-state index contributed by atoms with van der Waals surface area (Å²) in [4.78, 5) is 18.7. The highest BCUT2D eigenvalue weighted by molar-refractivity contribution is 5.82. The van der Waals surface area contributed by atoms with Crippen molar-refractivity contribution in [2.45, 2.75) is 0 Å². The third-order valence-corrected chi connectivity index (χ3v) is 0.524. The van der Waals surface area contributed by atoms with Crippen LogP contribution in [0.5, 0.6) is 0 Å². The van der Waals surface area contributed by atoms with Gasteiger partial charge in [0.25, 0.3) is 0 Å². The van der Waals surface area contributed by atoms with Crippen LogP contribution in [0.15, 0.2) is 0 Å². The van der Waals surface area contributed by atoms with Gasteiger partial charge in [-0.2, -0.15) is 0 Å². The minimum atomic E-state index is -0.0833. The summed E-state index contributed by atoms with van der Waals surface area (Å²) in [6.07, 6.45) is 0. The van der Waals surface area contributed by atoms with E-state index in [9.17, 15) is 9.59 Å². The van der Waals surface area contributed by atoms with Crippen molar-refractivity contribution < 1.29 is 24.5 Å². The zero-order valence-corrected chi connectivity index (χ0v) is 4.55. The zero-order valence-electron chi connectivity index (χ0n) is 4.55. The van der Waals surface area contributed by atoms with Gasteiger partial charge in [-0.1, -0.05) is 0 Å². The minimum absolute atomic E-state index is 0. The molecule has 0 spiro atoms. The molecule has 2 aliphatic heterocycles. The summed E-state index contributed by atoms with van der Waals surface area (Å²) < 4.78 is 8.14. The molecular formula is C4H6O5. The molecule has 2 rings (SSSR count). The molecule has 0 aliphatic carbocycles. The van der Waals surface area contributed by atoms with Crippen molar-refractivity contribution in [3.05, 3.63) is 0 Å².